The van der Waals surface area contributed by atoms with Gasteiger partial charge in [-0.1, -0.05) is 41.9 Å². The zero-order valence-corrected chi connectivity index (χ0v) is 15.2. The minimum Gasteiger partial charge on any atom is -0.329 e. The van der Waals surface area contributed by atoms with Gasteiger partial charge in [0.05, 0.1) is 5.02 Å². The highest BCUT2D eigenvalue weighted by Crippen LogP contribution is 2.26. The molecular formula is C20H20ClFN2O2. The first kappa shape index (κ1) is 18.4. The number of carbonyl (C=O) groups excluding carboxylic acids is 2. The van der Waals surface area contributed by atoms with E-state index in [1.165, 1.54) is 18.2 Å². The lowest BCUT2D eigenvalue weighted by atomic mass is 10.1. The molecule has 1 aliphatic rings. The monoisotopic (exact) mass is 374 g/mol. The molecule has 1 aliphatic heterocycles. The van der Waals surface area contributed by atoms with E-state index in [2.05, 4.69) is 0 Å². The highest BCUT2D eigenvalue weighted by atomic mass is 35.5. The summed E-state index contributed by atoms with van der Waals surface area (Å²) in [7, 11) is 0. The number of amides is 2. The molecule has 0 saturated carbocycles. The summed E-state index contributed by atoms with van der Waals surface area (Å²) < 4.78 is 13.3. The van der Waals surface area contributed by atoms with Gasteiger partial charge in [-0.15, -0.1) is 0 Å². The predicted molar refractivity (Wildman–Crippen MR) is 99.7 cm³/mol. The highest BCUT2D eigenvalue weighted by molar-refractivity contribution is 6.31. The fraction of sp³-hybridized carbons (Fsp3) is 0.300. The summed E-state index contributed by atoms with van der Waals surface area (Å²) in [6.07, 6.45) is 1.01. The Kier molecular flexibility index (Phi) is 5.57. The molecule has 1 atom stereocenters. The van der Waals surface area contributed by atoms with Gasteiger partial charge in [-0.25, -0.2) is 4.39 Å². The second-order valence-corrected chi connectivity index (χ2v) is 6.74. The maximum absolute atomic E-state index is 13.3. The lowest BCUT2D eigenvalue weighted by Crippen LogP contribution is -2.57. The molecule has 1 fully saturated rings. The molecule has 136 valence electrons. The summed E-state index contributed by atoms with van der Waals surface area (Å²) >= 11 is 5.82. The Morgan fingerprint density at radius 2 is 1.92 bits per heavy atom. The van der Waals surface area contributed by atoms with Crippen LogP contribution in [0.1, 0.15) is 18.9 Å². The lowest BCUT2D eigenvalue weighted by Gasteiger charge is -2.39. The average molecular weight is 375 g/mol. The van der Waals surface area contributed by atoms with Gasteiger partial charge < -0.3 is 9.80 Å². The first-order valence-corrected chi connectivity index (χ1v) is 8.95. The second kappa shape index (κ2) is 7.87. The smallest absolute Gasteiger partial charge is 0.249 e. The van der Waals surface area contributed by atoms with Crippen LogP contribution in [0.5, 0.6) is 0 Å². The van der Waals surface area contributed by atoms with E-state index in [1.807, 2.05) is 30.3 Å². The molecule has 0 aromatic heterocycles. The molecule has 0 N–H and O–H groups in total. The molecule has 2 aromatic carbocycles. The van der Waals surface area contributed by atoms with Gasteiger partial charge in [0.1, 0.15) is 11.9 Å². The summed E-state index contributed by atoms with van der Waals surface area (Å²) in [5.41, 5.74) is 1.64. The number of carbonyl (C=O) groups is 2. The molecule has 26 heavy (non-hydrogen) atoms. The van der Waals surface area contributed by atoms with Crippen molar-refractivity contribution < 1.29 is 14.0 Å². The number of halogens is 2. The van der Waals surface area contributed by atoms with Crippen molar-refractivity contribution in [1.82, 2.24) is 4.90 Å². The van der Waals surface area contributed by atoms with Gasteiger partial charge in [0.15, 0.2) is 0 Å². The lowest BCUT2D eigenvalue weighted by molar-refractivity contribution is -0.140. The summed E-state index contributed by atoms with van der Waals surface area (Å²) in [4.78, 5) is 28.4. The molecule has 0 bridgehead atoms. The van der Waals surface area contributed by atoms with Crippen LogP contribution in [0.2, 0.25) is 5.02 Å². The third kappa shape index (κ3) is 3.88. The van der Waals surface area contributed by atoms with Crippen molar-refractivity contribution >= 4 is 29.1 Å². The summed E-state index contributed by atoms with van der Waals surface area (Å²) in [5, 5.41) is -0.0238. The molecule has 3 rings (SSSR count). The highest BCUT2D eigenvalue weighted by Gasteiger charge is 2.34. The number of hydrogen-bond acceptors (Lipinski definition) is 2. The molecule has 0 aliphatic carbocycles. The van der Waals surface area contributed by atoms with E-state index < -0.39 is 11.9 Å². The molecule has 1 heterocycles. The first-order chi connectivity index (χ1) is 12.5. The van der Waals surface area contributed by atoms with E-state index in [1.54, 1.807) is 16.7 Å². The molecule has 4 nitrogen and oxygen atoms in total. The normalized spacial score (nSPS) is 17.5. The van der Waals surface area contributed by atoms with Crippen molar-refractivity contribution in [2.45, 2.75) is 25.8 Å². The van der Waals surface area contributed by atoms with Crippen LogP contribution in [0.15, 0.2) is 48.5 Å². The van der Waals surface area contributed by atoms with Crippen LogP contribution in [0, 0.1) is 5.82 Å². The molecule has 2 amide bonds. The predicted octanol–water partition coefficient (Wildman–Crippen LogP) is 3.68. The van der Waals surface area contributed by atoms with Crippen LogP contribution >= 0.6 is 11.6 Å². The van der Waals surface area contributed by atoms with Crippen molar-refractivity contribution in [1.29, 1.82) is 0 Å². The van der Waals surface area contributed by atoms with Crippen LogP contribution in [0.3, 0.4) is 0 Å². The Labute approximate surface area is 157 Å². The van der Waals surface area contributed by atoms with E-state index in [0.29, 0.717) is 31.6 Å². The number of nitrogens with zero attached hydrogens (tertiary/aromatic N) is 2. The van der Waals surface area contributed by atoms with Gasteiger partial charge in [-0.3, -0.25) is 9.59 Å². The van der Waals surface area contributed by atoms with Crippen LogP contribution in [-0.4, -0.2) is 35.8 Å². The van der Waals surface area contributed by atoms with Gasteiger partial charge in [0, 0.05) is 25.2 Å². The molecule has 1 saturated heterocycles. The number of aryl methyl sites for hydroxylation is 1. The van der Waals surface area contributed by atoms with Crippen molar-refractivity contribution in [3.63, 3.8) is 0 Å². The Morgan fingerprint density at radius 1 is 1.19 bits per heavy atom. The molecular weight excluding hydrogens is 355 g/mol. The van der Waals surface area contributed by atoms with Crippen LogP contribution in [-0.2, 0) is 16.0 Å². The Hall–Kier alpha value is -2.40. The number of rotatable bonds is 4. The third-order valence-electron chi connectivity index (χ3n) is 4.66. The number of benzene rings is 2. The fourth-order valence-corrected chi connectivity index (χ4v) is 3.33. The maximum atomic E-state index is 13.3. The van der Waals surface area contributed by atoms with Gasteiger partial charge >= 0.3 is 0 Å². The van der Waals surface area contributed by atoms with E-state index in [0.717, 1.165) is 5.56 Å². The topological polar surface area (TPSA) is 40.6 Å². The standard InChI is InChI=1S/C20H20ClFN2O2/c1-14-20(26)24(16-8-9-18(22)17(21)13-16)12-11-23(14)19(25)10-7-15-5-3-2-4-6-15/h2-6,8-9,13-14H,7,10-12H2,1H3. The van der Waals surface area contributed by atoms with Crippen molar-refractivity contribution in [2.24, 2.45) is 0 Å². The first-order valence-electron chi connectivity index (χ1n) is 8.57. The van der Waals surface area contributed by atoms with Crippen LogP contribution < -0.4 is 4.90 Å². The summed E-state index contributed by atoms with van der Waals surface area (Å²) in [6, 6.07) is 13.4. The molecule has 0 radical (unpaired) electrons. The second-order valence-electron chi connectivity index (χ2n) is 6.34. The summed E-state index contributed by atoms with van der Waals surface area (Å²) in [6.45, 7) is 2.53. The zero-order valence-electron chi connectivity index (χ0n) is 14.5. The van der Waals surface area contributed by atoms with E-state index in [9.17, 15) is 14.0 Å². The maximum Gasteiger partial charge on any atom is 0.249 e. The van der Waals surface area contributed by atoms with Crippen LogP contribution in [0.25, 0.3) is 0 Å². The third-order valence-corrected chi connectivity index (χ3v) is 4.95. The largest absolute Gasteiger partial charge is 0.329 e. The quantitative estimate of drug-likeness (QED) is 0.819. The van der Waals surface area contributed by atoms with Gasteiger partial charge in [-0.05, 0) is 37.1 Å². The van der Waals surface area contributed by atoms with E-state index in [-0.39, 0.29) is 16.8 Å². The van der Waals surface area contributed by atoms with Gasteiger partial charge in [0.2, 0.25) is 11.8 Å². The number of anilines is 1. The van der Waals surface area contributed by atoms with Gasteiger partial charge in [-0.2, -0.15) is 0 Å². The molecule has 2 aromatic rings. The number of hydrogen-bond donors (Lipinski definition) is 0. The molecule has 6 heteroatoms. The molecule has 1 unspecified atom stereocenters. The zero-order chi connectivity index (χ0) is 18.7. The molecule has 0 spiro atoms. The minimum absolute atomic E-state index is 0.0238. The average Bonchev–Trinajstić information content (AvgIpc) is 2.65. The minimum atomic E-state index is -0.559. The van der Waals surface area contributed by atoms with Crippen molar-refractivity contribution in [2.75, 3.05) is 18.0 Å². The van der Waals surface area contributed by atoms with E-state index in [4.69, 9.17) is 11.6 Å². The number of piperazine rings is 1. The fourth-order valence-electron chi connectivity index (χ4n) is 3.16. The van der Waals surface area contributed by atoms with Crippen LogP contribution in [0.4, 0.5) is 10.1 Å². The van der Waals surface area contributed by atoms with Gasteiger partial charge in [0.25, 0.3) is 0 Å². The summed E-state index contributed by atoms with van der Waals surface area (Å²) in [5.74, 6) is -0.746. The van der Waals surface area contributed by atoms with Crippen molar-refractivity contribution in [3.8, 4) is 0 Å². The SMILES string of the molecule is CC1C(=O)N(c2ccc(F)c(Cl)c2)CCN1C(=O)CCc1ccccc1. The Morgan fingerprint density at radius 3 is 2.62 bits per heavy atom. The van der Waals surface area contributed by atoms with E-state index >= 15 is 0 Å². The van der Waals surface area contributed by atoms with Crippen molar-refractivity contribution in [3.05, 3.63) is 64.9 Å². The Bertz CT molecular complexity index is 813. The Balaban J connectivity index is 1.65.